The fourth-order valence-electron chi connectivity index (χ4n) is 5.68. The van der Waals surface area contributed by atoms with Crippen LogP contribution >= 0.6 is 0 Å². The van der Waals surface area contributed by atoms with Crippen LogP contribution in [0.15, 0.2) is 97.2 Å². The number of rotatable bonds is 37. The third-order valence-corrected chi connectivity index (χ3v) is 8.99. The molecule has 57 heavy (non-hydrogen) atoms. The van der Waals surface area contributed by atoms with Gasteiger partial charge in [0.1, 0.15) is 6.61 Å². The van der Waals surface area contributed by atoms with Crippen molar-refractivity contribution in [2.75, 3.05) is 41.0 Å². The monoisotopic (exact) mass is 795 g/mol. The topological polar surface area (TPSA) is 99.1 Å². The number of hydrogen-bond donors (Lipinski definition) is 1. The molecule has 8 nitrogen and oxygen atoms in total. The molecule has 0 aliphatic rings. The number of unbranched alkanes of at least 4 members (excludes halogenated alkanes) is 7. The van der Waals surface area contributed by atoms with Crippen LogP contribution in [0.5, 0.6) is 0 Å². The molecule has 2 atom stereocenters. The van der Waals surface area contributed by atoms with Crippen LogP contribution in [0.2, 0.25) is 0 Å². The highest BCUT2D eigenvalue weighted by Crippen LogP contribution is 2.13. The van der Waals surface area contributed by atoms with Gasteiger partial charge in [0.25, 0.3) is 0 Å². The third-order valence-electron chi connectivity index (χ3n) is 8.99. The normalized spacial score (nSPS) is 13.9. The van der Waals surface area contributed by atoms with Crippen molar-refractivity contribution in [1.29, 1.82) is 0 Å². The average molecular weight is 795 g/mol. The van der Waals surface area contributed by atoms with Crippen molar-refractivity contribution in [2.45, 2.75) is 154 Å². The van der Waals surface area contributed by atoms with E-state index in [4.69, 9.17) is 14.2 Å². The van der Waals surface area contributed by atoms with Gasteiger partial charge >= 0.3 is 17.9 Å². The summed E-state index contributed by atoms with van der Waals surface area (Å²) in [6.45, 7) is 4.40. The zero-order valence-corrected chi connectivity index (χ0v) is 36.5. The Bertz CT molecular complexity index is 1250. The van der Waals surface area contributed by atoms with Gasteiger partial charge < -0.3 is 23.8 Å². The van der Waals surface area contributed by atoms with Crippen molar-refractivity contribution in [1.82, 2.24) is 0 Å². The van der Waals surface area contributed by atoms with Gasteiger partial charge in [-0.1, -0.05) is 143 Å². The molecule has 8 heteroatoms. The minimum atomic E-state index is -0.891. The van der Waals surface area contributed by atoms with Gasteiger partial charge in [-0.3, -0.25) is 9.59 Å². The van der Waals surface area contributed by atoms with Gasteiger partial charge in [-0.2, -0.15) is 0 Å². The fourth-order valence-corrected chi connectivity index (χ4v) is 5.68. The lowest BCUT2D eigenvalue weighted by Gasteiger charge is -2.31. The Kier molecular flexibility index (Phi) is 36.5. The van der Waals surface area contributed by atoms with Gasteiger partial charge in [0, 0.05) is 19.3 Å². The Balaban J connectivity index is 4.50. The van der Waals surface area contributed by atoms with Crippen LogP contribution in [0.25, 0.3) is 0 Å². The SMILES string of the molecule is CC/C=C/C/C=C/C/C=C/C/C=C/C/C=C/C/C=C/CCC(=O)OCC(COCCC(C(=O)O)[N+](C)(C)C)OC(=O)CCCCCCCCC/C=C/C/C=C/CC. The molecule has 1 N–H and O–H groups in total. The summed E-state index contributed by atoms with van der Waals surface area (Å²) in [6.07, 6.45) is 51.8. The van der Waals surface area contributed by atoms with Crippen LogP contribution < -0.4 is 0 Å². The van der Waals surface area contributed by atoms with Gasteiger partial charge in [0.15, 0.2) is 12.1 Å². The molecule has 0 aromatic carbocycles. The molecular weight excluding hydrogens is 715 g/mol. The first-order chi connectivity index (χ1) is 27.6. The minimum absolute atomic E-state index is 0.0281. The first kappa shape index (κ1) is 53.2. The van der Waals surface area contributed by atoms with Crippen LogP contribution in [0.1, 0.15) is 142 Å². The molecule has 0 radical (unpaired) electrons. The van der Waals surface area contributed by atoms with E-state index < -0.39 is 18.1 Å². The Morgan fingerprint density at radius 3 is 1.44 bits per heavy atom. The molecular formula is C49H80NO7+. The first-order valence-electron chi connectivity index (χ1n) is 21.8. The predicted molar refractivity (Wildman–Crippen MR) is 238 cm³/mol. The lowest BCUT2D eigenvalue weighted by molar-refractivity contribution is -0.887. The van der Waals surface area contributed by atoms with Crippen LogP contribution in [0.4, 0.5) is 0 Å². The van der Waals surface area contributed by atoms with Crippen LogP contribution in [-0.2, 0) is 28.6 Å². The zero-order chi connectivity index (χ0) is 42.1. The van der Waals surface area contributed by atoms with E-state index in [1.54, 1.807) is 0 Å². The second kappa shape index (κ2) is 39.1. The Morgan fingerprint density at radius 2 is 0.965 bits per heavy atom. The highest BCUT2D eigenvalue weighted by molar-refractivity contribution is 5.72. The van der Waals surface area contributed by atoms with Gasteiger partial charge in [0.2, 0.25) is 0 Å². The maximum Gasteiger partial charge on any atom is 0.362 e. The van der Waals surface area contributed by atoms with Gasteiger partial charge in [-0.15, -0.1) is 0 Å². The lowest BCUT2D eigenvalue weighted by atomic mass is 10.1. The summed E-state index contributed by atoms with van der Waals surface area (Å²) in [5, 5.41) is 9.61. The second-order valence-electron chi connectivity index (χ2n) is 15.2. The van der Waals surface area contributed by atoms with E-state index in [0.717, 1.165) is 83.5 Å². The number of aliphatic carboxylic acids is 1. The summed E-state index contributed by atoms with van der Waals surface area (Å²) < 4.78 is 17.2. The van der Waals surface area contributed by atoms with Crippen LogP contribution in [0, 0.1) is 0 Å². The first-order valence-corrected chi connectivity index (χ1v) is 21.8. The van der Waals surface area contributed by atoms with Crippen LogP contribution in [0.3, 0.4) is 0 Å². The van der Waals surface area contributed by atoms with Crippen molar-refractivity contribution in [3.63, 3.8) is 0 Å². The number of allylic oxidation sites excluding steroid dienone is 16. The molecule has 0 spiro atoms. The highest BCUT2D eigenvalue weighted by Gasteiger charge is 2.31. The Labute approximate surface area is 347 Å². The Morgan fingerprint density at radius 1 is 0.526 bits per heavy atom. The minimum Gasteiger partial charge on any atom is -0.477 e. The van der Waals surface area contributed by atoms with E-state index in [9.17, 15) is 19.5 Å². The summed E-state index contributed by atoms with van der Waals surface area (Å²) in [5.74, 6) is -1.60. The predicted octanol–water partition coefficient (Wildman–Crippen LogP) is 11.9. The molecule has 0 saturated carbocycles. The molecule has 0 saturated heterocycles. The molecule has 0 rings (SSSR count). The maximum atomic E-state index is 12.7. The summed E-state index contributed by atoms with van der Waals surface area (Å²) in [5.41, 5.74) is 0. The number of quaternary nitrogens is 1. The molecule has 0 amide bonds. The summed E-state index contributed by atoms with van der Waals surface area (Å²) in [6, 6.07) is -0.632. The van der Waals surface area contributed by atoms with E-state index in [1.807, 2.05) is 33.3 Å². The van der Waals surface area contributed by atoms with Crippen molar-refractivity contribution in [3.05, 3.63) is 97.2 Å². The molecule has 0 heterocycles. The Hall–Kier alpha value is -3.75. The fraction of sp³-hybridized carbons (Fsp3) is 0.612. The van der Waals surface area contributed by atoms with Gasteiger partial charge in [0.05, 0.1) is 34.4 Å². The third kappa shape index (κ3) is 37.6. The zero-order valence-electron chi connectivity index (χ0n) is 36.5. The van der Waals surface area contributed by atoms with Crippen LogP contribution in [-0.4, -0.2) is 80.6 Å². The standard InChI is InChI=1S/C49H79NO7/c1-6-8-10-12-14-16-18-20-22-23-24-25-26-28-29-31-33-35-37-39-47(51)56-44-45(43-55-42-41-46(49(53)54)50(3,4)5)57-48(52)40-38-36-34-32-30-27-21-19-17-15-13-11-9-7-2/h8-11,14-17,20,22,24-25,28-29,33,35,45-46H,6-7,12-13,18-19,21,23,26-27,30-32,34,36-44H2,1-5H3/p+1/b10-8+,11-9+,16-14+,17-15+,22-20+,25-24+,29-28+,35-33+. The highest BCUT2D eigenvalue weighted by atomic mass is 16.6. The smallest absolute Gasteiger partial charge is 0.362 e. The molecule has 0 bridgehead atoms. The summed E-state index contributed by atoms with van der Waals surface area (Å²) in [7, 11) is 5.49. The molecule has 0 aromatic rings. The molecule has 0 aliphatic carbocycles. The van der Waals surface area contributed by atoms with E-state index in [0.29, 0.717) is 19.3 Å². The van der Waals surface area contributed by atoms with Crippen molar-refractivity contribution >= 4 is 17.9 Å². The van der Waals surface area contributed by atoms with E-state index in [-0.39, 0.29) is 42.7 Å². The number of carbonyl (C=O) groups excluding carboxylic acids is 2. The number of carbonyl (C=O) groups is 3. The largest absolute Gasteiger partial charge is 0.477 e. The molecule has 0 fully saturated rings. The molecule has 0 aliphatic heterocycles. The quantitative estimate of drug-likeness (QED) is 0.0289. The number of esters is 2. The van der Waals surface area contributed by atoms with Gasteiger partial charge in [-0.05, 0) is 77.0 Å². The number of nitrogens with zero attached hydrogens (tertiary/aromatic N) is 1. The summed E-state index contributed by atoms with van der Waals surface area (Å²) in [4.78, 5) is 36.9. The number of carboxylic acid groups (broad SMARTS) is 1. The van der Waals surface area contributed by atoms with Crippen molar-refractivity contribution < 1.29 is 38.2 Å². The number of hydrogen-bond acceptors (Lipinski definition) is 6. The van der Waals surface area contributed by atoms with Crippen molar-refractivity contribution in [3.8, 4) is 0 Å². The molecule has 0 aromatic heterocycles. The number of likely N-dealkylation sites (N-methyl/N-ethyl adjacent to an activating group) is 1. The van der Waals surface area contributed by atoms with E-state index >= 15 is 0 Å². The van der Waals surface area contributed by atoms with E-state index in [1.165, 1.54) is 19.3 Å². The lowest BCUT2D eigenvalue weighted by Crippen LogP contribution is -2.50. The second-order valence-corrected chi connectivity index (χ2v) is 15.2. The number of carboxylic acids is 1. The molecule has 2 unspecified atom stereocenters. The van der Waals surface area contributed by atoms with Gasteiger partial charge in [-0.25, -0.2) is 4.79 Å². The molecule has 322 valence electrons. The average Bonchev–Trinajstić information content (AvgIpc) is 3.17. The number of ether oxygens (including phenoxy) is 3. The van der Waals surface area contributed by atoms with E-state index in [2.05, 4.69) is 98.9 Å². The van der Waals surface area contributed by atoms with Crippen molar-refractivity contribution in [2.24, 2.45) is 0 Å². The maximum absolute atomic E-state index is 12.7. The summed E-state index contributed by atoms with van der Waals surface area (Å²) >= 11 is 0.